The molecule has 100 valence electrons. The van der Waals surface area contributed by atoms with E-state index in [2.05, 4.69) is 10.3 Å². The van der Waals surface area contributed by atoms with E-state index in [9.17, 15) is 9.59 Å². The highest BCUT2D eigenvalue weighted by Crippen LogP contribution is 2.08. The first-order valence-electron chi connectivity index (χ1n) is 6.46. The number of rotatable bonds is 5. The molecule has 4 heteroatoms. The number of H-pyrrole nitrogens is 1. The molecule has 0 radical (unpaired) electrons. The average molecular weight is 250 g/mol. The first-order valence-corrected chi connectivity index (χ1v) is 6.46. The van der Waals surface area contributed by atoms with Crippen LogP contribution in [-0.2, 0) is 11.3 Å². The molecule has 0 unspecified atom stereocenters. The molecule has 0 fully saturated rings. The molecular formula is C14H22N2O2. The number of carbonyl (C=O) groups is 1. The van der Waals surface area contributed by atoms with Gasteiger partial charge >= 0.3 is 0 Å². The molecule has 0 aromatic carbocycles. The summed E-state index contributed by atoms with van der Waals surface area (Å²) in [5.41, 5.74) is 2.28. The number of hydrogen-bond acceptors (Lipinski definition) is 2. The Hall–Kier alpha value is -1.58. The first kappa shape index (κ1) is 14.5. The van der Waals surface area contributed by atoms with Crippen molar-refractivity contribution >= 4 is 5.91 Å². The number of aromatic amines is 1. The van der Waals surface area contributed by atoms with Crippen LogP contribution in [0.3, 0.4) is 0 Å². The molecule has 0 saturated heterocycles. The van der Waals surface area contributed by atoms with Gasteiger partial charge in [0, 0.05) is 23.7 Å². The van der Waals surface area contributed by atoms with E-state index >= 15 is 0 Å². The van der Waals surface area contributed by atoms with Gasteiger partial charge in [-0.25, -0.2) is 0 Å². The topological polar surface area (TPSA) is 62.0 Å². The van der Waals surface area contributed by atoms with Gasteiger partial charge in [-0.15, -0.1) is 0 Å². The maximum Gasteiger partial charge on any atom is 0.253 e. The number of aromatic nitrogens is 1. The van der Waals surface area contributed by atoms with Crippen LogP contribution in [0, 0.1) is 19.8 Å². The Morgan fingerprint density at radius 1 is 1.33 bits per heavy atom. The van der Waals surface area contributed by atoms with Gasteiger partial charge in [-0.1, -0.05) is 13.8 Å². The van der Waals surface area contributed by atoms with Crippen molar-refractivity contribution in [3.05, 3.63) is 33.2 Å². The molecule has 0 aliphatic carbocycles. The molecule has 1 aromatic rings. The molecule has 1 amide bonds. The summed E-state index contributed by atoms with van der Waals surface area (Å²) in [6, 6.07) is 1.92. The van der Waals surface area contributed by atoms with E-state index in [0.717, 1.165) is 24.1 Å². The normalized spacial score (nSPS) is 10.7. The highest BCUT2D eigenvalue weighted by molar-refractivity contribution is 5.78. The monoisotopic (exact) mass is 250 g/mol. The lowest BCUT2D eigenvalue weighted by Gasteiger charge is -2.13. The Labute approximate surface area is 108 Å². The van der Waals surface area contributed by atoms with Crippen molar-refractivity contribution in [2.45, 2.75) is 47.1 Å². The summed E-state index contributed by atoms with van der Waals surface area (Å²) in [5.74, 6) is 0.0641. The predicted octanol–water partition coefficient (Wildman–Crippen LogP) is 2.04. The minimum absolute atomic E-state index is 0.0272. The largest absolute Gasteiger partial charge is 0.352 e. The quantitative estimate of drug-likeness (QED) is 0.840. The standard InChI is InChI=1S/C14H22N2O2/c1-5-11(6-2)13(17)15-8-12-9(3)7-10(4)16-14(12)18/h7,11H,5-6,8H2,1-4H3,(H,15,17)(H,16,18). The lowest BCUT2D eigenvalue weighted by Crippen LogP contribution is -2.32. The number of hydrogen-bond donors (Lipinski definition) is 2. The molecular weight excluding hydrogens is 228 g/mol. The van der Waals surface area contributed by atoms with E-state index in [1.807, 2.05) is 33.8 Å². The summed E-state index contributed by atoms with van der Waals surface area (Å²) in [7, 11) is 0. The van der Waals surface area contributed by atoms with E-state index in [1.54, 1.807) is 0 Å². The number of pyridine rings is 1. The summed E-state index contributed by atoms with van der Waals surface area (Å²) in [6.45, 7) is 8.04. The lowest BCUT2D eigenvalue weighted by molar-refractivity contribution is -0.125. The minimum Gasteiger partial charge on any atom is -0.352 e. The second-order valence-electron chi connectivity index (χ2n) is 4.67. The van der Waals surface area contributed by atoms with Gasteiger partial charge in [0.05, 0.1) is 0 Å². The van der Waals surface area contributed by atoms with Crippen molar-refractivity contribution in [3.63, 3.8) is 0 Å². The summed E-state index contributed by atoms with van der Waals surface area (Å²) < 4.78 is 0. The third-order valence-electron chi connectivity index (χ3n) is 3.29. The highest BCUT2D eigenvalue weighted by atomic mass is 16.2. The zero-order valence-electron chi connectivity index (χ0n) is 11.6. The van der Waals surface area contributed by atoms with Gasteiger partial charge in [0.25, 0.3) is 5.56 Å². The van der Waals surface area contributed by atoms with Crippen LogP contribution in [0.15, 0.2) is 10.9 Å². The molecule has 1 rings (SSSR count). The van der Waals surface area contributed by atoms with Gasteiger partial charge in [-0.2, -0.15) is 0 Å². The Balaban J connectivity index is 2.75. The van der Waals surface area contributed by atoms with E-state index in [4.69, 9.17) is 0 Å². The van der Waals surface area contributed by atoms with Crippen molar-refractivity contribution < 1.29 is 4.79 Å². The first-order chi connectivity index (χ1) is 8.49. The predicted molar refractivity (Wildman–Crippen MR) is 72.5 cm³/mol. The fourth-order valence-corrected chi connectivity index (χ4v) is 2.08. The molecule has 0 atom stereocenters. The maximum absolute atomic E-state index is 11.8. The summed E-state index contributed by atoms with van der Waals surface area (Å²) in [6.07, 6.45) is 1.65. The van der Waals surface area contributed by atoms with Crippen LogP contribution >= 0.6 is 0 Å². The van der Waals surface area contributed by atoms with E-state index in [-0.39, 0.29) is 17.4 Å². The van der Waals surface area contributed by atoms with Crippen molar-refractivity contribution in [1.82, 2.24) is 10.3 Å². The lowest BCUT2D eigenvalue weighted by atomic mass is 10.0. The van der Waals surface area contributed by atoms with Crippen molar-refractivity contribution in [2.75, 3.05) is 0 Å². The molecule has 0 bridgehead atoms. The van der Waals surface area contributed by atoms with Gasteiger partial charge in [-0.3, -0.25) is 9.59 Å². The zero-order chi connectivity index (χ0) is 13.7. The number of nitrogens with one attached hydrogen (secondary N) is 2. The van der Waals surface area contributed by atoms with Crippen LogP contribution in [0.2, 0.25) is 0 Å². The smallest absolute Gasteiger partial charge is 0.253 e. The van der Waals surface area contributed by atoms with Crippen LogP contribution < -0.4 is 10.9 Å². The molecule has 0 aliphatic heterocycles. The van der Waals surface area contributed by atoms with E-state index < -0.39 is 0 Å². The Kier molecular flexibility index (Phi) is 5.13. The molecule has 0 spiro atoms. The fourth-order valence-electron chi connectivity index (χ4n) is 2.08. The van der Waals surface area contributed by atoms with Gasteiger partial charge in [0.2, 0.25) is 5.91 Å². The maximum atomic E-state index is 11.8. The van der Waals surface area contributed by atoms with E-state index in [0.29, 0.717) is 12.1 Å². The van der Waals surface area contributed by atoms with Gasteiger partial charge < -0.3 is 10.3 Å². The summed E-state index contributed by atoms with van der Waals surface area (Å²) in [5, 5.41) is 2.84. The fraction of sp³-hybridized carbons (Fsp3) is 0.571. The molecule has 0 aliphatic rings. The Morgan fingerprint density at radius 3 is 2.44 bits per heavy atom. The minimum atomic E-state index is -0.114. The van der Waals surface area contributed by atoms with Crippen LogP contribution in [-0.4, -0.2) is 10.9 Å². The van der Waals surface area contributed by atoms with Gasteiger partial charge in [0.1, 0.15) is 0 Å². The molecule has 0 saturated carbocycles. The molecule has 18 heavy (non-hydrogen) atoms. The molecule has 4 nitrogen and oxygen atoms in total. The van der Waals surface area contributed by atoms with Crippen molar-refractivity contribution in [3.8, 4) is 0 Å². The molecule has 1 heterocycles. The van der Waals surface area contributed by atoms with Crippen molar-refractivity contribution in [2.24, 2.45) is 5.92 Å². The van der Waals surface area contributed by atoms with Crippen LogP contribution in [0.5, 0.6) is 0 Å². The second kappa shape index (κ2) is 6.38. The van der Waals surface area contributed by atoms with E-state index in [1.165, 1.54) is 0 Å². The summed E-state index contributed by atoms with van der Waals surface area (Å²) in [4.78, 5) is 26.4. The van der Waals surface area contributed by atoms with Crippen LogP contribution in [0.25, 0.3) is 0 Å². The average Bonchev–Trinajstić information content (AvgIpc) is 2.29. The third-order valence-corrected chi connectivity index (χ3v) is 3.29. The second-order valence-corrected chi connectivity index (χ2v) is 4.67. The Bertz CT molecular complexity index is 473. The van der Waals surface area contributed by atoms with Gasteiger partial charge in [-0.05, 0) is 38.3 Å². The molecule has 1 aromatic heterocycles. The number of carbonyl (C=O) groups excluding carboxylic acids is 1. The molecule has 2 N–H and O–H groups in total. The SMILES string of the molecule is CCC(CC)C(=O)NCc1c(C)cc(C)[nH]c1=O. The van der Waals surface area contributed by atoms with Crippen molar-refractivity contribution in [1.29, 1.82) is 0 Å². The zero-order valence-corrected chi connectivity index (χ0v) is 11.6. The summed E-state index contributed by atoms with van der Waals surface area (Å²) >= 11 is 0. The number of aryl methyl sites for hydroxylation is 2. The van der Waals surface area contributed by atoms with Crippen LogP contribution in [0.1, 0.15) is 43.5 Å². The highest BCUT2D eigenvalue weighted by Gasteiger charge is 2.14. The van der Waals surface area contributed by atoms with Gasteiger partial charge in [0.15, 0.2) is 0 Å². The number of amides is 1. The van der Waals surface area contributed by atoms with Crippen LogP contribution in [0.4, 0.5) is 0 Å². The third kappa shape index (κ3) is 3.45. The Morgan fingerprint density at radius 2 is 1.94 bits per heavy atom.